The second-order valence-electron chi connectivity index (χ2n) is 6.93. The lowest BCUT2D eigenvalue weighted by atomic mass is 10.1. The molecule has 1 heterocycles. The van der Waals surface area contributed by atoms with Gasteiger partial charge in [0.25, 0.3) is 0 Å². The number of nitrogens with zero attached hydrogens (tertiary/aromatic N) is 2. The standard InChI is InChI=1S/C24H20ClN5O3/c1-33-22-13-15(10-12-21(22)31)9-11-20-23(28-19-8-3-2-7-18(19)27-20)29-30-24(32)26-17-6-4-5-16(25)14-17/h2-14,31H,1H3,(H,28,29)(H2,26,30,32)/b11-9+. The monoisotopic (exact) mass is 461 g/mol. The summed E-state index contributed by atoms with van der Waals surface area (Å²) in [6.07, 6.45) is 3.56. The summed E-state index contributed by atoms with van der Waals surface area (Å²) in [5.74, 6) is 0.772. The molecule has 9 heteroatoms. The van der Waals surface area contributed by atoms with Crippen molar-refractivity contribution in [2.24, 2.45) is 0 Å². The minimum Gasteiger partial charge on any atom is -0.504 e. The topological polar surface area (TPSA) is 108 Å². The Morgan fingerprint density at radius 3 is 2.55 bits per heavy atom. The van der Waals surface area contributed by atoms with Crippen LogP contribution in [0.15, 0.2) is 66.7 Å². The first-order valence-corrected chi connectivity index (χ1v) is 10.3. The number of methoxy groups -OCH3 is 1. The molecule has 0 saturated heterocycles. The number of phenols is 1. The molecule has 0 bridgehead atoms. The van der Waals surface area contributed by atoms with Crippen molar-refractivity contribution >= 4 is 52.3 Å². The number of phenolic OH excluding ortho intramolecular Hbond substituents is 1. The molecule has 4 aromatic rings. The normalized spacial score (nSPS) is 10.8. The number of rotatable bonds is 6. The van der Waals surface area contributed by atoms with E-state index in [1.807, 2.05) is 24.3 Å². The van der Waals surface area contributed by atoms with Crippen LogP contribution >= 0.6 is 11.6 Å². The minimum atomic E-state index is -0.495. The fraction of sp³-hybridized carbons (Fsp3) is 0.0417. The molecule has 4 N–H and O–H groups in total. The van der Waals surface area contributed by atoms with E-state index in [2.05, 4.69) is 26.1 Å². The smallest absolute Gasteiger partial charge is 0.337 e. The zero-order chi connectivity index (χ0) is 23.2. The Balaban J connectivity index is 1.57. The van der Waals surface area contributed by atoms with Crippen LogP contribution in [0.2, 0.25) is 5.02 Å². The van der Waals surface area contributed by atoms with Crippen LogP contribution in [0.1, 0.15) is 11.3 Å². The molecule has 3 aromatic carbocycles. The highest BCUT2D eigenvalue weighted by atomic mass is 35.5. The van der Waals surface area contributed by atoms with Gasteiger partial charge in [0.15, 0.2) is 17.3 Å². The Hall–Kier alpha value is -4.30. The van der Waals surface area contributed by atoms with Gasteiger partial charge in [-0.25, -0.2) is 20.2 Å². The average Bonchev–Trinajstić information content (AvgIpc) is 2.82. The van der Waals surface area contributed by atoms with Gasteiger partial charge in [0.05, 0.1) is 18.1 Å². The van der Waals surface area contributed by atoms with Crippen molar-refractivity contribution in [2.45, 2.75) is 0 Å². The second kappa shape index (κ2) is 9.88. The summed E-state index contributed by atoms with van der Waals surface area (Å²) in [7, 11) is 1.49. The number of para-hydroxylation sites is 2. The average molecular weight is 462 g/mol. The summed E-state index contributed by atoms with van der Waals surface area (Å²) < 4.78 is 5.15. The molecule has 0 spiro atoms. The first kappa shape index (κ1) is 21.9. The van der Waals surface area contributed by atoms with Gasteiger partial charge in [0.1, 0.15) is 5.69 Å². The third kappa shape index (κ3) is 5.50. The van der Waals surface area contributed by atoms with Gasteiger partial charge in [-0.15, -0.1) is 0 Å². The number of hydrogen-bond donors (Lipinski definition) is 4. The van der Waals surface area contributed by atoms with Gasteiger partial charge in [0, 0.05) is 10.7 Å². The number of aromatic nitrogens is 2. The molecule has 0 aliphatic heterocycles. The third-order valence-electron chi connectivity index (χ3n) is 4.61. The largest absolute Gasteiger partial charge is 0.504 e. The number of carbonyl (C=O) groups excluding carboxylic acids is 1. The lowest BCUT2D eigenvalue weighted by Crippen LogP contribution is -2.34. The zero-order valence-electron chi connectivity index (χ0n) is 17.5. The number of nitrogens with one attached hydrogen (secondary N) is 3. The fourth-order valence-electron chi connectivity index (χ4n) is 3.04. The van der Waals surface area contributed by atoms with Gasteiger partial charge in [-0.05, 0) is 54.1 Å². The third-order valence-corrected chi connectivity index (χ3v) is 4.85. The molecule has 166 valence electrons. The summed E-state index contributed by atoms with van der Waals surface area (Å²) in [6, 6.07) is 18.7. The maximum Gasteiger partial charge on any atom is 0.337 e. The number of halogens is 1. The summed E-state index contributed by atoms with van der Waals surface area (Å²) in [6.45, 7) is 0. The van der Waals surface area contributed by atoms with Crippen molar-refractivity contribution < 1.29 is 14.6 Å². The highest BCUT2D eigenvalue weighted by Crippen LogP contribution is 2.27. The summed E-state index contributed by atoms with van der Waals surface area (Å²) >= 11 is 5.96. The van der Waals surface area contributed by atoms with Crippen molar-refractivity contribution in [3.63, 3.8) is 0 Å². The van der Waals surface area contributed by atoms with E-state index in [4.69, 9.17) is 16.3 Å². The predicted molar refractivity (Wildman–Crippen MR) is 130 cm³/mol. The molecular weight excluding hydrogens is 442 g/mol. The lowest BCUT2D eigenvalue weighted by molar-refractivity contribution is 0.254. The molecule has 2 amide bonds. The zero-order valence-corrected chi connectivity index (χ0v) is 18.3. The van der Waals surface area contributed by atoms with E-state index < -0.39 is 6.03 Å². The Bertz CT molecular complexity index is 1340. The van der Waals surface area contributed by atoms with Gasteiger partial charge in [0.2, 0.25) is 0 Å². The number of ether oxygens (including phenoxy) is 1. The number of carbonyl (C=O) groups is 1. The molecule has 0 aliphatic carbocycles. The van der Waals surface area contributed by atoms with Crippen LogP contribution < -0.4 is 20.9 Å². The van der Waals surface area contributed by atoms with Gasteiger partial charge in [-0.2, -0.15) is 0 Å². The maximum atomic E-state index is 12.3. The van der Waals surface area contributed by atoms with E-state index in [1.165, 1.54) is 7.11 Å². The molecule has 0 fully saturated rings. The van der Waals surface area contributed by atoms with E-state index in [1.54, 1.807) is 54.6 Å². The van der Waals surface area contributed by atoms with Crippen LogP contribution in [0.5, 0.6) is 11.5 Å². The molecule has 1 aromatic heterocycles. The predicted octanol–water partition coefficient (Wildman–Crippen LogP) is 5.32. The molecule has 4 rings (SSSR count). The fourth-order valence-corrected chi connectivity index (χ4v) is 3.23. The molecule has 0 unspecified atom stereocenters. The van der Waals surface area contributed by atoms with Gasteiger partial charge in [-0.3, -0.25) is 5.43 Å². The van der Waals surface area contributed by atoms with Crippen LogP contribution in [0, 0.1) is 0 Å². The highest BCUT2D eigenvalue weighted by molar-refractivity contribution is 6.30. The molecule has 0 aliphatic rings. The van der Waals surface area contributed by atoms with Crippen LogP contribution in [0.25, 0.3) is 23.2 Å². The van der Waals surface area contributed by atoms with Crippen molar-refractivity contribution in [1.82, 2.24) is 15.4 Å². The van der Waals surface area contributed by atoms with Gasteiger partial charge >= 0.3 is 6.03 Å². The van der Waals surface area contributed by atoms with E-state index in [0.29, 0.717) is 39.0 Å². The lowest BCUT2D eigenvalue weighted by Gasteiger charge is -2.12. The molecule has 8 nitrogen and oxygen atoms in total. The first-order valence-electron chi connectivity index (χ1n) is 9.92. The van der Waals surface area contributed by atoms with Crippen molar-refractivity contribution in [2.75, 3.05) is 17.9 Å². The van der Waals surface area contributed by atoms with Gasteiger partial charge in [-0.1, -0.05) is 41.9 Å². The van der Waals surface area contributed by atoms with E-state index >= 15 is 0 Å². The van der Waals surface area contributed by atoms with Crippen LogP contribution in [0.3, 0.4) is 0 Å². The quantitative estimate of drug-likeness (QED) is 0.289. The molecule has 33 heavy (non-hydrogen) atoms. The molecule has 0 saturated carbocycles. The number of hydrazine groups is 1. The number of anilines is 2. The molecular formula is C24H20ClN5O3. The van der Waals surface area contributed by atoms with Crippen LogP contribution in [-0.4, -0.2) is 28.2 Å². The molecule has 0 atom stereocenters. The Labute approximate surface area is 194 Å². The number of aromatic hydroxyl groups is 1. The van der Waals surface area contributed by atoms with Crippen molar-refractivity contribution in [3.8, 4) is 11.5 Å². The summed E-state index contributed by atoms with van der Waals surface area (Å²) in [5.41, 5.74) is 8.60. The first-order chi connectivity index (χ1) is 16.0. The van der Waals surface area contributed by atoms with E-state index in [0.717, 1.165) is 5.56 Å². The Morgan fingerprint density at radius 1 is 1.00 bits per heavy atom. The van der Waals surface area contributed by atoms with Crippen LogP contribution in [0.4, 0.5) is 16.3 Å². The minimum absolute atomic E-state index is 0.0532. The number of hydrogen-bond acceptors (Lipinski definition) is 6. The number of fused-ring (bicyclic) bond motifs is 1. The Morgan fingerprint density at radius 2 is 1.79 bits per heavy atom. The number of benzene rings is 3. The van der Waals surface area contributed by atoms with Crippen molar-refractivity contribution in [1.29, 1.82) is 0 Å². The van der Waals surface area contributed by atoms with Crippen LogP contribution in [-0.2, 0) is 0 Å². The highest BCUT2D eigenvalue weighted by Gasteiger charge is 2.09. The van der Waals surface area contributed by atoms with Crippen molar-refractivity contribution in [3.05, 3.63) is 83.0 Å². The number of amides is 2. The Kier molecular flexibility index (Phi) is 6.56. The van der Waals surface area contributed by atoms with E-state index in [-0.39, 0.29) is 5.75 Å². The second-order valence-corrected chi connectivity index (χ2v) is 7.36. The summed E-state index contributed by atoms with van der Waals surface area (Å²) in [4.78, 5) is 21.5. The SMILES string of the molecule is COc1cc(/C=C/c2nc3ccccc3nc2NNC(=O)Nc2cccc(Cl)c2)ccc1O. The molecule has 0 radical (unpaired) electrons. The van der Waals surface area contributed by atoms with E-state index in [9.17, 15) is 9.90 Å². The van der Waals surface area contributed by atoms with Gasteiger partial charge < -0.3 is 15.2 Å². The summed E-state index contributed by atoms with van der Waals surface area (Å²) in [5, 5.41) is 13.0. The maximum absolute atomic E-state index is 12.3. The number of urea groups is 1.